The number of amides is 1. The molecule has 0 unspecified atom stereocenters. The average molecular weight is 231 g/mol. The van der Waals surface area contributed by atoms with Gasteiger partial charge in [-0.2, -0.15) is 0 Å². The molecule has 2 rings (SSSR count). The Morgan fingerprint density at radius 1 is 1.29 bits per heavy atom. The largest absolute Gasteiger partial charge is 0.506 e. The highest BCUT2D eigenvalue weighted by atomic mass is 16.3. The Kier molecular flexibility index (Phi) is 2.87. The van der Waals surface area contributed by atoms with Crippen LogP contribution in [0.2, 0.25) is 0 Å². The van der Waals surface area contributed by atoms with Gasteiger partial charge in [0.05, 0.1) is 11.3 Å². The van der Waals surface area contributed by atoms with Gasteiger partial charge in [-0.3, -0.25) is 4.79 Å². The van der Waals surface area contributed by atoms with Crippen molar-refractivity contribution in [2.75, 3.05) is 5.32 Å². The Labute approximate surface area is 98.9 Å². The molecule has 1 heterocycles. The van der Waals surface area contributed by atoms with E-state index in [-0.39, 0.29) is 11.7 Å². The van der Waals surface area contributed by atoms with Crippen LogP contribution in [-0.2, 0) is 0 Å². The molecule has 17 heavy (non-hydrogen) atoms. The maximum atomic E-state index is 11.8. The molecule has 0 spiro atoms. The molecule has 0 aliphatic carbocycles. The number of rotatable bonds is 2. The first-order valence-corrected chi connectivity index (χ1v) is 5.22. The smallest absolute Gasteiger partial charge is 0.259 e. The molecule has 1 amide bonds. The first-order valence-electron chi connectivity index (χ1n) is 5.22. The third kappa shape index (κ3) is 2.47. The van der Waals surface area contributed by atoms with Crippen molar-refractivity contribution < 1.29 is 14.3 Å². The second kappa shape index (κ2) is 4.33. The number of furan rings is 1. The molecule has 88 valence electrons. The molecule has 0 saturated carbocycles. The van der Waals surface area contributed by atoms with Crippen molar-refractivity contribution in [2.45, 2.75) is 13.8 Å². The third-order valence-electron chi connectivity index (χ3n) is 2.39. The Morgan fingerprint density at radius 3 is 2.65 bits per heavy atom. The molecule has 0 bridgehead atoms. The van der Waals surface area contributed by atoms with Crippen LogP contribution in [0.25, 0.3) is 0 Å². The van der Waals surface area contributed by atoms with Crippen LogP contribution in [0.15, 0.2) is 34.9 Å². The van der Waals surface area contributed by atoms with Crippen LogP contribution in [0.1, 0.15) is 21.7 Å². The molecule has 2 N–H and O–H groups in total. The van der Waals surface area contributed by atoms with Gasteiger partial charge < -0.3 is 14.8 Å². The van der Waals surface area contributed by atoms with Gasteiger partial charge in [-0.25, -0.2) is 0 Å². The first kappa shape index (κ1) is 11.3. The van der Waals surface area contributed by atoms with Gasteiger partial charge in [-0.15, -0.1) is 0 Å². The standard InChI is InChI=1S/C13H13NO3/c1-8-3-4-11(12(15)5-8)14-13(16)10-6-9(2)17-7-10/h3-7,15H,1-2H3,(H,14,16). The summed E-state index contributed by atoms with van der Waals surface area (Å²) in [7, 11) is 0. The number of hydrogen-bond acceptors (Lipinski definition) is 3. The highest BCUT2D eigenvalue weighted by Crippen LogP contribution is 2.24. The number of anilines is 1. The summed E-state index contributed by atoms with van der Waals surface area (Å²) in [5.41, 5.74) is 1.75. The lowest BCUT2D eigenvalue weighted by molar-refractivity contribution is 0.102. The third-order valence-corrected chi connectivity index (χ3v) is 2.39. The fourth-order valence-electron chi connectivity index (χ4n) is 1.50. The number of carbonyl (C=O) groups excluding carboxylic acids is 1. The predicted octanol–water partition coefficient (Wildman–Crippen LogP) is 2.85. The second-order valence-corrected chi connectivity index (χ2v) is 3.92. The summed E-state index contributed by atoms with van der Waals surface area (Å²) < 4.78 is 5.05. The van der Waals surface area contributed by atoms with Gasteiger partial charge in [0, 0.05) is 0 Å². The number of aromatic hydroxyl groups is 1. The minimum Gasteiger partial charge on any atom is -0.506 e. The van der Waals surface area contributed by atoms with E-state index in [2.05, 4.69) is 5.32 Å². The van der Waals surface area contributed by atoms with Crippen molar-refractivity contribution in [1.82, 2.24) is 0 Å². The van der Waals surface area contributed by atoms with E-state index in [4.69, 9.17) is 4.42 Å². The lowest BCUT2D eigenvalue weighted by Gasteiger charge is -2.06. The summed E-state index contributed by atoms with van der Waals surface area (Å²) in [5, 5.41) is 12.3. The van der Waals surface area contributed by atoms with E-state index >= 15 is 0 Å². The number of phenols is 1. The maximum absolute atomic E-state index is 11.8. The zero-order valence-electron chi connectivity index (χ0n) is 9.65. The zero-order valence-corrected chi connectivity index (χ0v) is 9.65. The van der Waals surface area contributed by atoms with Gasteiger partial charge in [0.15, 0.2) is 0 Å². The topological polar surface area (TPSA) is 62.5 Å². The molecule has 2 aromatic rings. The Hall–Kier alpha value is -2.23. The fourth-order valence-corrected chi connectivity index (χ4v) is 1.50. The Bertz CT molecular complexity index is 558. The van der Waals surface area contributed by atoms with E-state index in [9.17, 15) is 9.90 Å². The van der Waals surface area contributed by atoms with Crippen LogP contribution < -0.4 is 5.32 Å². The number of aryl methyl sites for hydroxylation is 2. The average Bonchev–Trinajstić information content (AvgIpc) is 2.69. The molecular weight excluding hydrogens is 218 g/mol. The van der Waals surface area contributed by atoms with Crippen LogP contribution in [0, 0.1) is 13.8 Å². The van der Waals surface area contributed by atoms with Crippen molar-refractivity contribution >= 4 is 11.6 Å². The van der Waals surface area contributed by atoms with Gasteiger partial charge in [0.25, 0.3) is 5.91 Å². The molecule has 4 heteroatoms. The van der Waals surface area contributed by atoms with Crippen molar-refractivity contribution in [3.63, 3.8) is 0 Å². The minimum atomic E-state index is -0.305. The second-order valence-electron chi connectivity index (χ2n) is 3.92. The van der Waals surface area contributed by atoms with Gasteiger partial charge in [-0.1, -0.05) is 6.07 Å². The van der Waals surface area contributed by atoms with E-state index in [1.165, 1.54) is 6.26 Å². The van der Waals surface area contributed by atoms with Crippen molar-refractivity contribution in [1.29, 1.82) is 0 Å². The lowest BCUT2D eigenvalue weighted by Crippen LogP contribution is -2.10. The molecule has 1 aromatic heterocycles. The monoisotopic (exact) mass is 231 g/mol. The number of hydrogen-bond donors (Lipinski definition) is 2. The fraction of sp³-hybridized carbons (Fsp3) is 0.154. The van der Waals surface area contributed by atoms with Crippen LogP contribution in [0.5, 0.6) is 5.75 Å². The molecular formula is C13H13NO3. The number of benzene rings is 1. The predicted molar refractivity (Wildman–Crippen MR) is 64.2 cm³/mol. The SMILES string of the molecule is Cc1ccc(NC(=O)c2coc(C)c2)c(O)c1. The molecule has 0 saturated heterocycles. The summed E-state index contributed by atoms with van der Waals surface area (Å²) in [6.45, 7) is 3.63. The van der Waals surface area contributed by atoms with Gasteiger partial charge in [0.2, 0.25) is 0 Å². The first-order chi connectivity index (χ1) is 8.06. The van der Waals surface area contributed by atoms with Crippen molar-refractivity contribution in [3.05, 3.63) is 47.4 Å². The summed E-state index contributed by atoms with van der Waals surface area (Å²) in [4.78, 5) is 11.8. The van der Waals surface area contributed by atoms with E-state index in [0.29, 0.717) is 17.0 Å². The number of nitrogens with one attached hydrogen (secondary N) is 1. The summed E-state index contributed by atoms with van der Waals surface area (Å²) in [6.07, 6.45) is 1.38. The van der Waals surface area contributed by atoms with Gasteiger partial charge in [-0.05, 0) is 37.6 Å². The molecule has 0 aliphatic heterocycles. The Balaban J connectivity index is 2.18. The van der Waals surface area contributed by atoms with E-state index in [1.807, 2.05) is 13.0 Å². The van der Waals surface area contributed by atoms with Crippen LogP contribution in [0.4, 0.5) is 5.69 Å². The van der Waals surface area contributed by atoms with Crippen LogP contribution >= 0.6 is 0 Å². The van der Waals surface area contributed by atoms with Crippen LogP contribution in [0.3, 0.4) is 0 Å². The minimum absolute atomic E-state index is 0.0542. The van der Waals surface area contributed by atoms with Crippen molar-refractivity contribution in [3.8, 4) is 5.75 Å². The maximum Gasteiger partial charge on any atom is 0.259 e. The van der Waals surface area contributed by atoms with E-state index in [0.717, 1.165) is 5.56 Å². The highest BCUT2D eigenvalue weighted by molar-refractivity contribution is 6.04. The normalized spacial score (nSPS) is 10.2. The summed E-state index contributed by atoms with van der Waals surface area (Å²) >= 11 is 0. The highest BCUT2D eigenvalue weighted by Gasteiger charge is 2.10. The lowest BCUT2D eigenvalue weighted by atomic mass is 10.2. The quantitative estimate of drug-likeness (QED) is 0.781. The van der Waals surface area contributed by atoms with E-state index in [1.54, 1.807) is 25.1 Å². The number of carbonyl (C=O) groups is 1. The molecule has 0 radical (unpaired) electrons. The van der Waals surface area contributed by atoms with E-state index < -0.39 is 0 Å². The van der Waals surface area contributed by atoms with Crippen LogP contribution in [-0.4, -0.2) is 11.0 Å². The molecule has 0 aliphatic rings. The summed E-state index contributed by atoms with van der Waals surface area (Å²) in [6, 6.07) is 6.71. The summed E-state index contributed by atoms with van der Waals surface area (Å²) in [5.74, 6) is 0.419. The molecule has 1 aromatic carbocycles. The number of phenolic OH excluding ortho intramolecular Hbond substituents is 1. The molecule has 0 fully saturated rings. The zero-order chi connectivity index (χ0) is 12.4. The van der Waals surface area contributed by atoms with Gasteiger partial charge >= 0.3 is 0 Å². The van der Waals surface area contributed by atoms with Gasteiger partial charge in [0.1, 0.15) is 17.8 Å². The molecule has 4 nitrogen and oxygen atoms in total. The Morgan fingerprint density at radius 2 is 2.06 bits per heavy atom. The van der Waals surface area contributed by atoms with Crippen molar-refractivity contribution in [2.24, 2.45) is 0 Å². The molecule has 0 atom stereocenters.